The number of benzene rings is 1. The highest BCUT2D eigenvalue weighted by atomic mass is 14.9. The first kappa shape index (κ1) is 10.3. The molecule has 1 nitrogen and oxygen atoms in total. The van der Waals surface area contributed by atoms with Crippen LogP contribution in [0.3, 0.4) is 0 Å². The van der Waals surface area contributed by atoms with Crippen molar-refractivity contribution < 1.29 is 0 Å². The minimum absolute atomic E-state index is 0.854. The minimum Gasteiger partial charge on any atom is -0.317 e. The first-order valence-corrected chi connectivity index (χ1v) is 6.73. The molecule has 0 radical (unpaired) electrons. The number of piperidine rings is 1. The molecule has 0 aromatic heterocycles. The van der Waals surface area contributed by atoms with Crippen molar-refractivity contribution in [1.29, 1.82) is 0 Å². The second-order valence-electron chi connectivity index (χ2n) is 5.28. The number of fused-ring (bicyclic) bond motifs is 1. The summed E-state index contributed by atoms with van der Waals surface area (Å²) in [6.07, 6.45) is 6.86. The van der Waals surface area contributed by atoms with E-state index in [1.165, 1.54) is 45.2 Å². The predicted molar refractivity (Wildman–Crippen MR) is 67.7 cm³/mol. The van der Waals surface area contributed by atoms with Gasteiger partial charge in [0.05, 0.1) is 0 Å². The normalized spacial score (nSPS) is 26.4. The van der Waals surface area contributed by atoms with E-state index in [0.717, 1.165) is 11.8 Å². The fourth-order valence-corrected chi connectivity index (χ4v) is 3.53. The van der Waals surface area contributed by atoms with Crippen molar-refractivity contribution in [3.63, 3.8) is 0 Å². The van der Waals surface area contributed by atoms with Crippen LogP contribution in [0.2, 0.25) is 0 Å². The summed E-state index contributed by atoms with van der Waals surface area (Å²) in [6, 6.07) is 9.13. The third-order valence-electron chi connectivity index (χ3n) is 4.37. The topological polar surface area (TPSA) is 12.0 Å². The maximum absolute atomic E-state index is 3.48. The highest BCUT2D eigenvalue weighted by molar-refractivity contribution is 5.33. The van der Waals surface area contributed by atoms with Gasteiger partial charge in [-0.25, -0.2) is 0 Å². The Morgan fingerprint density at radius 3 is 2.69 bits per heavy atom. The van der Waals surface area contributed by atoms with E-state index in [1.54, 1.807) is 11.1 Å². The molecule has 1 unspecified atom stereocenters. The van der Waals surface area contributed by atoms with Crippen LogP contribution in [-0.2, 0) is 6.42 Å². The van der Waals surface area contributed by atoms with Crippen LogP contribution < -0.4 is 5.32 Å². The van der Waals surface area contributed by atoms with Crippen molar-refractivity contribution in [2.75, 3.05) is 13.1 Å². The van der Waals surface area contributed by atoms with Crippen molar-refractivity contribution >= 4 is 0 Å². The molecule has 1 aromatic carbocycles. The predicted octanol–water partition coefficient (Wildman–Crippen LogP) is 3.11. The van der Waals surface area contributed by atoms with Gasteiger partial charge in [0.25, 0.3) is 0 Å². The lowest BCUT2D eigenvalue weighted by atomic mass is 9.73. The van der Waals surface area contributed by atoms with Gasteiger partial charge in [-0.05, 0) is 68.2 Å². The molecule has 1 heterocycles. The summed E-state index contributed by atoms with van der Waals surface area (Å²) in [5.41, 5.74) is 3.29. The van der Waals surface area contributed by atoms with Gasteiger partial charge in [-0.1, -0.05) is 24.3 Å². The Balaban J connectivity index is 1.86. The molecule has 1 N–H and O–H groups in total. The quantitative estimate of drug-likeness (QED) is 0.759. The third-order valence-corrected chi connectivity index (χ3v) is 4.37. The summed E-state index contributed by atoms with van der Waals surface area (Å²) in [5, 5.41) is 3.48. The van der Waals surface area contributed by atoms with Crippen LogP contribution in [0.5, 0.6) is 0 Å². The lowest BCUT2D eigenvalue weighted by molar-refractivity contribution is 0.295. The van der Waals surface area contributed by atoms with Crippen LogP contribution in [0.15, 0.2) is 24.3 Å². The number of hydrogen-bond acceptors (Lipinski definition) is 1. The average Bonchev–Trinajstić information content (AvgIpc) is 2.39. The molecule has 1 saturated heterocycles. The Morgan fingerprint density at radius 2 is 1.81 bits per heavy atom. The maximum atomic E-state index is 3.48. The molecule has 1 heteroatoms. The van der Waals surface area contributed by atoms with E-state index >= 15 is 0 Å². The number of hydrogen-bond donors (Lipinski definition) is 1. The maximum Gasteiger partial charge on any atom is -0.00461 e. The standard InChI is InChI=1S/C15H21N/c1-2-6-14-12(4-1)5-3-7-15(14)13-8-10-16-11-9-13/h1-2,4,6,13,15-16H,3,5,7-11H2. The average molecular weight is 215 g/mol. The monoisotopic (exact) mass is 215 g/mol. The van der Waals surface area contributed by atoms with Crippen LogP contribution in [-0.4, -0.2) is 13.1 Å². The molecule has 0 amide bonds. The fourth-order valence-electron chi connectivity index (χ4n) is 3.53. The fraction of sp³-hybridized carbons (Fsp3) is 0.600. The summed E-state index contributed by atoms with van der Waals surface area (Å²) < 4.78 is 0. The van der Waals surface area contributed by atoms with Gasteiger partial charge in [-0.15, -0.1) is 0 Å². The third kappa shape index (κ3) is 1.89. The van der Waals surface area contributed by atoms with Crippen LogP contribution in [0.1, 0.15) is 42.7 Å². The van der Waals surface area contributed by atoms with E-state index in [0.29, 0.717) is 0 Å². The molecular weight excluding hydrogens is 194 g/mol. The zero-order valence-electron chi connectivity index (χ0n) is 9.91. The van der Waals surface area contributed by atoms with E-state index < -0.39 is 0 Å². The molecule has 1 aliphatic carbocycles. The first-order chi connectivity index (χ1) is 7.95. The summed E-state index contributed by atoms with van der Waals surface area (Å²) >= 11 is 0. The summed E-state index contributed by atoms with van der Waals surface area (Å²) in [6.45, 7) is 2.45. The number of aryl methyl sites for hydroxylation is 1. The molecule has 86 valence electrons. The van der Waals surface area contributed by atoms with Gasteiger partial charge in [0.15, 0.2) is 0 Å². The molecule has 1 fully saturated rings. The zero-order valence-corrected chi connectivity index (χ0v) is 9.91. The van der Waals surface area contributed by atoms with Crippen molar-refractivity contribution in [2.24, 2.45) is 5.92 Å². The zero-order chi connectivity index (χ0) is 10.8. The Hall–Kier alpha value is -0.820. The van der Waals surface area contributed by atoms with Crippen molar-refractivity contribution in [2.45, 2.75) is 38.0 Å². The van der Waals surface area contributed by atoms with Gasteiger partial charge >= 0.3 is 0 Å². The lowest BCUT2D eigenvalue weighted by Gasteiger charge is -2.35. The summed E-state index contributed by atoms with van der Waals surface area (Å²) in [7, 11) is 0. The molecular formula is C15H21N. The van der Waals surface area contributed by atoms with Crippen LogP contribution in [0.4, 0.5) is 0 Å². The molecule has 16 heavy (non-hydrogen) atoms. The number of nitrogens with one attached hydrogen (secondary N) is 1. The Kier molecular flexibility index (Phi) is 2.96. The molecule has 2 aliphatic rings. The minimum atomic E-state index is 0.854. The second-order valence-corrected chi connectivity index (χ2v) is 5.28. The van der Waals surface area contributed by atoms with E-state index in [2.05, 4.69) is 29.6 Å². The highest BCUT2D eigenvalue weighted by Gasteiger charge is 2.28. The SMILES string of the molecule is c1ccc2c(c1)CCCC2C1CCNCC1. The van der Waals surface area contributed by atoms with Gasteiger partial charge in [0, 0.05) is 0 Å². The molecule has 0 bridgehead atoms. The van der Waals surface area contributed by atoms with E-state index in [-0.39, 0.29) is 0 Å². The van der Waals surface area contributed by atoms with Crippen LogP contribution >= 0.6 is 0 Å². The van der Waals surface area contributed by atoms with Crippen molar-refractivity contribution in [3.8, 4) is 0 Å². The molecule has 1 atom stereocenters. The summed E-state index contributed by atoms with van der Waals surface area (Å²) in [5.74, 6) is 1.79. The van der Waals surface area contributed by atoms with E-state index in [1.807, 2.05) is 0 Å². The Morgan fingerprint density at radius 1 is 1.00 bits per heavy atom. The molecule has 1 aromatic rings. The summed E-state index contributed by atoms with van der Waals surface area (Å²) in [4.78, 5) is 0. The lowest BCUT2D eigenvalue weighted by Crippen LogP contribution is -2.32. The largest absolute Gasteiger partial charge is 0.317 e. The van der Waals surface area contributed by atoms with Gasteiger partial charge in [-0.2, -0.15) is 0 Å². The second kappa shape index (κ2) is 4.58. The van der Waals surface area contributed by atoms with Gasteiger partial charge in [-0.3, -0.25) is 0 Å². The smallest absolute Gasteiger partial charge is 0.00461 e. The number of rotatable bonds is 1. The van der Waals surface area contributed by atoms with Crippen LogP contribution in [0.25, 0.3) is 0 Å². The van der Waals surface area contributed by atoms with Gasteiger partial charge in [0.1, 0.15) is 0 Å². The van der Waals surface area contributed by atoms with E-state index in [4.69, 9.17) is 0 Å². The highest BCUT2D eigenvalue weighted by Crippen LogP contribution is 2.40. The van der Waals surface area contributed by atoms with Crippen molar-refractivity contribution in [3.05, 3.63) is 35.4 Å². The van der Waals surface area contributed by atoms with Crippen LogP contribution in [0, 0.1) is 5.92 Å². The van der Waals surface area contributed by atoms with Gasteiger partial charge < -0.3 is 5.32 Å². The molecule has 0 spiro atoms. The van der Waals surface area contributed by atoms with Crippen molar-refractivity contribution in [1.82, 2.24) is 5.32 Å². The Bertz CT molecular complexity index is 352. The molecule has 3 rings (SSSR count). The van der Waals surface area contributed by atoms with E-state index in [9.17, 15) is 0 Å². The molecule has 0 saturated carbocycles. The van der Waals surface area contributed by atoms with Gasteiger partial charge in [0.2, 0.25) is 0 Å². The first-order valence-electron chi connectivity index (χ1n) is 6.73. The molecule has 1 aliphatic heterocycles. The Labute approximate surface area is 98.3 Å².